The second kappa shape index (κ2) is 6.47. The number of hydrogen-bond donors (Lipinski definition) is 3. The Bertz CT molecular complexity index is 406. The van der Waals surface area contributed by atoms with E-state index in [0.29, 0.717) is 12.2 Å². The van der Waals surface area contributed by atoms with E-state index in [9.17, 15) is 9.59 Å². The van der Waals surface area contributed by atoms with Gasteiger partial charge in [0.2, 0.25) is 5.91 Å². The lowest BCUT2D eigenvalue weighted by Crippen LogP contribution is -2.31. The maximum atomic E-state index is 11.6. The Morgan fingerprint density at radius 1 is 1.41 bits per heavy atom. The summed E-state index contributed by atoms with van der Waals surface area (Å²) in [5.74, 6) is -0.464. The molecule has 0 saturated heterocycles. The Morgan fingerprint density at radius 3 is 2.82 bits per heavy atom. The van der Waals surface area contributed by atoms with Crippen molar-refractivity contribution < 1.29 is 9.59 Å². The van der Waals surface area contributed by atoms with Crippen LogP contribution in [0.4, 0.5) is 5.69 Å². The number of nitrogens with two attached hydrogens (primary N) is 1. The normalized spacial score (nSPS) is 9.71. The summed E-state index contributed by atoms with van der Waals surface area (Å²) in [6.07, 6.45) is 1.74. The number of hydrogen-bond acceptors (Lipinski definition) is 4. The first-order valence-corrected chi connectivity index (χ1v) is 5.40. The summed E-state index contributed by atoms with van der Waals surface area (Å²) < 4.78 is 0. The molecule has 17 heavy (non-hydrogen) atoms. The SMILES string of the molecule is CCNC(=O)CCNC(=O)c1ncccc1N. The van der Waals surface area contributed by atoms with Crippen LogP contribution in [-0.2, 0) is 4.79 Å². The van der Waals surface area contributed by atoms with Crippen molar-refractivity contribution >= 4 is 17.5 Å². The van der Waals surface area contributed by atoms with Crippen LogP contribution in [0.2, 0.25) is 0 Å². The van der Waals surface area contributed by atoms with Gasteiger partial charge in [-0.2, -0.15) is 0 Å². The third-order valence-electron chi connectivity index (χ3n) is 2.07. The largest absolute Gasteiger partial charge is 0.397 e. The van der Waals surface area contributed by atoms with Crippen LogP contribution in [0.3, 0.4) is 0 Å². The number of nitrogens with one attached hydrogen (secondary N) is 2. The molecule has 0 radical (unpaired) electrons. The van der Waals surface area contributed by atoms with E-state index in [0.717, 1.165) is 0 Å². The molecule has 0 aliphatic carbocycles. The van der Waals surface area contributed by atoms with E-state index in [4.69, 9.17) is 5.73 Å². The highest BCUT2D eigenvalue weighted by Crippen LogP contribution is 2.05. The second-order valence-electron chi connectivity index (χ2n) is 3.40. The number of amides is 2. The molecule has 0 aliphatic heterocycles. The standard InChI is InChI=1S/C11H16N4O2/c1-2-13-9(16)5-7-15-11(17)10-8(12)4-3-6-14-10/h3-4,6H,2,5,7,12H2,1H3,(H,13,16)(H,15,17). The van der Waals surface area contributed by atoms with Crippen LogP contribution in [0.5, 0.6) is 0 Å². The van der Waals surface area contributed by atoms with Crippen LogP contribution in [0.1, 0.15) is 23.8 Å². The smallest absolute Gasteiger partial charge is 0.272 e. The molecule has 0 spiro atoms. The van der Waals surface area contributed by atoms with E-state index in [2.05, 4.69) is 15.6 Å². The molecule has 0 atom stereocenters. The van der Waals surface area contributed by atoms with E-state index in [1.807, 2.05) is 6.92 Å². The topological polar surface area (TPSA) is 97.1 Å². The molecule has 0 unspecified atom stereocenters. The molecule has 0 aliphatic rings. The fraction of sp³-hybridized carbons (Fsp3) is 0.364. The monoisotopic (exact) mass is 236 g/mol. The van der Waals surface area contributed by atoms with Gasteiger partial charge in [0.25, 0.3) is 5.91 Å². The number of pyridine rings is 1. The van der Waals surface area contributed by atoms with Crippen LogP contribution < -0.4 is 16.4 Å². The summed E-state index contributed by atoms with van der Waals surface area (Å²) in [6, 6.07) is 3.26. The summed E-state index contributed by atoms with van der Waals surface area (Å²) in [6.45, 7) is 2.69. The van der Waals surface area contributed by atoms with Crippen molar-refractivity contribution in [2.24, 2.45) is 0 Å². The first-order valence-electron chi connectivity index (χ1n) is 5.40. The molecule has 1 rings (SSSR count). The van der Waals surface area contributed by atoms with Gasteiger partial charge >= 0.3 is 0 Å². The van der Waals surface area contributed by atoms with Gasteiger partial charge in [0.15, 0.2) is 5.69 Å². The fourth-order valence-corrected chi connectivity index (χ4v) is 1.27. The van der Waals surface area contributed by atoms with Crippen LogP contribution in [0.25, 0.3) is 0 Å². The zero-order valence-electron chi connectivity index (χ0n) is 9.69. The third-order valence-corrected chi connectivity index (χ3v) is 2.07. The van der Waals surface area contributed by atoms with Gasteiger partial charge in [0.05, 0.1) is 5.69 Å². The summed E-state index contributed by atoms with van der Waals surface area (Å²) >= 11 is 0. The molecule has 92 valence electrons. The molecular weight excluding hydrogens is 220 g/mol. The van der Waals surface area contributed by atoms with E-state index in [1.165, 1.54) is 6.20 Å². The van der Waals surface area contributed by atoms with Gasteiger partial charge in [-0.15, -0.1) is 0 Å². The first kappa shape index (κ1) is 13.0. The molecule has 1 heterocycles. The summed E-state index contributed by atoms with van der Waals surface area (Å²) in [4.78, 5) is 26.6. The van der Waals surface area contributed by atoms with Crippen molar-refractivity contribution in [3.05, 3.63) is 24.0 Å². The highest BCUT2D eigenvalue weighted by atomic mass is 16.2. The molecule has 6 heteroatoms. The van der Waals surface area contributed by atoms with Crippen molar-refractivity contribution in [1.29, 1.82) is 0 Å². The van der Waals surface area contributed by atoms with Crippen LogP contribution in [0.15, 0.2) is 18.3 Å². The number of aromatic nitrogens is 1. The van der Waals surface area contributed by atoms with Crippen molar-refractivity contribution in [1.82, 2.24) is 15.6 Å². The number of carbonyl (C=O) groups is 2. The van der Waals surface area contributed by atoms with Gasteiger partial charge < -0.3 is 16.4 Å². The molecule has 6 nitrogen and oxygen atoms in total. The van der Waals surface area contributed by atoms with Gasteiger partial charge in [0, 0.05) is 25.7 Å². The Hall–Kier alpha value is -2.11. The van der Waals surface area contributed by atoms with Gasteiger partial charge in [0.1, 0.15) is 0 Å². The fourth-order valence-electron chi connectivity index (χ4n) is 1.27. The molecule has 0 bridgehead atoms. The zero-order valence-corrected chi connectivity index (χ0v) is 9.69. The van der Waals surface area contributed by atoms with Gasteiger partial charge in [-0.05, 0) is 19.1 Å². The zero-order chi connectivity index (χ0) is 12.7. The number of rotatable bonds is 5. The average molecular weight is 236 g/mol. The Morgan fingerprint density at radius 2 is 2.18 bits per heavy atom. The van der Waals surface area contributed by atoms with Crippen LogP contribution >= 0.6 is 0 Å². The van der Waals surface area contributed by atoms with Crippen LogP contribution in [0, 0.1) is 0 Å². The highest BCUT2D eigenvalue weighted by Gasteiger charge is 2.10. The molecule has 0 aromatic carbocycles. The summed E-state index contributed by atoms with van der Waals surface area (Å²) in [7, 11) is 0. The maximum absolute atomic E-state index is 11.6. The Balaban J connectivity index is 2.41. The molecule has 2 amide bonds. The molecular formula is C11H16N4O2. The van der Waals surface area contributed by atoms with E-state index >= 15 is 0 Å². The van der Waals surface area contributed by atoms with Crippen molar-refractivity contribution in [2.75, 3.05) is 18.8 Å². The lowest BCUT2D eigenvalue weighted by molar-refractivity contribution is -0.120. The number of nitrogen functional groups attached to an aromatic ring is 1. The molecule has 0 fully saturated rings. The highest BCUT2D eigenvalue weighted by molar-refractivity contribution is 5.97. The van der Waals surface area contributed by atoms with Crippen molar-refractivity contribution in [2.45, 2.75) is 13.3 Å². The van der Waals surface area contributed by atoms with E-state index in [-0.39, 0.29) is 30.5 Å². The van der Waals surface area contributed by atoms with Gasteiger partial charge in [-0.25, -0.2) is 4.98 Å². The quantitative estimate of drug-likeness (QED) is 0.666. The Kier molecular flexibility index (Phi) is 4.93. The third kappa shape index (κ3) is 4.10. The molecule has 1 aromatic heterocycles. The van der Waals surface area contributed by atoms with E-state index in [1.54, 1.807) is 12.1 Å². The van der Waals surface area contributed by atoms with Crippen molar-refractivity contribution in [3.8, 4) is 0 Å². The minimum atomic E-state index is -0.368. The lowest BCUT2D eigenvalue weighted by Gasteiger charge is -2.06. The van der Waals surface area contributed by atoms with Gasteiger partial charge in [-0.3, -0.25) is 9.59 Å². The second-order valence-corrected chi connectivity index (χ2v) is 3.40. The summed E-state index contributed by atoms with van der Waals surface area (Å²) in [5, 5.41) is 5.23. The predicted molar refractivity (Wildman–Crippen MR) is 64.3 cm³/mol. The Labute approximate surface area is 99.6 Å². The molecule has 1 aromatic rings. The minimum absolute atomic E-state index is 0.0956. The van der Waals surface area contributed by atoms with Crippen LogP contribution in [-0.4, -0.2) is 29.9 Å². The number of anilines is 1. The number of nitrogens with zero attached hydrogens (tertiary/aromatic N) is 1. The predicted octanol–water partition coefficient (Wildman–Crippen LogP) is -0.0802. The minimum Gasteiger partial charge on any atom is -0.397 e. The maximum Gasteiger partial charge on any atom is 0.272 e. The lowest BCUT2D eigenvalue weighted by atomic mass is 10.3. The number of carbonyl (C=O) groups excluding carboxylic acids is 2. The average Bonchev–Trinajstić information content (AvgIpc) is 2.29. The molecule has 0 saturated carbocycles. The molecule has 4 N–H and O–H groups in total. The van der Waals surface area contributed by atoms with E-state index < -0.39 is 0 Å². The van der Waals surface area contributed by atoms with Gasteiger partial charge in [-0.1, -0.05) is 0 Å². The first-order chi connectivity index (χ1) is 8.15. The van der Waals surface area contributed by atoms with Crippen molar-refractivity contribution in [3.63, 3.8) is 0 Å². The summed E-state index contributed by atoms with van der Waals surface area (Å²) in [5.41, 5.74) is 6.10.